The van der Waals surface area contributed by atoms with Gasteiger partial charge in [0.2, 0.25) is 5.91 Å². The Morgan fingerprint density at radius 2 is 2.27 bits per heavy atom. The first-order valence-electron chi connectivity index (χ1n) is 6.97. The summed E-state index contributed by atoms with van der Waals surface area (Å²) in [5.74, 6) is -1.34. The van der Waals surface area contributed by atoms with E-state index in [9.17, 15) is 9.59 Å². The molecule has 1 unspecified atom stereocenters. The number of rotatable bonds is 7. The van der Waals surface area contributed by atoms with Crippen LogP contribution < -0.4 is 5.32 Å². The Morgan fingerprint density at radius 3 is 2.91 bits per heavy atom. The first-order chi connectivity index (χ1) is 10.6. The summed E-state index contributed by atoms with van der Waals surface area (Å²) in [5.41, 5.74) is 1.52. The minimum Gasteiger partial charge on any atom is -0.480 e. The second-order valence-corrected chi connectivity index (χ2v) is 5.67. The van der Waals surface area contributed by atoms with Crippen LogP contribution in [0.1, 0.15) is 25.5 Å². The molecule has 2 aromatic rings. The molecule has 2 rings (SSSR count). The number of aromatic nitrogens is 2. The summed E-state index contributed by atoms with van der Waals surface area (Å²) in [6, 6.07) is 2.89. The smallest absolute Gasteiger partial charge is 0.326 e. The zero-order valence-electron chi connectivity index (χ0n) is 12.2. The summed E-state index contributed by atoms with van der Waals surface area (Å²) in [6.07, 6.45) is 4.58. The maximum atomic E-state index is 11.9. The molecule has 1 amide bonds. The molecule has 6 nitrogen and oxygen atoms in total. The van der Waals surface area contributed by atoms with Crippen molar-refractivity contribution < 1.29 is 14.7 Å². The number of carboxylic acids is 1. The zero-order chi connectivity index (χ0) is 15.9. The van der Waals surface area contributed by atoms with E-state index >= 15 is 0 Å². The maximum Gasteiger partial charge on any atom is 0.326 e. The number of carbonyl (C=O) groups excluding carboxylic acids is 1. The Labute approximate surface area is 132 Å². The van der Waals surface area contributed by atoms with Crippen molar-refractivity contribution >= 4 is 23.2 Å². The van der Waals surface area contributed by atoms with Crippen molar-refractivity contribution in [2.45, 2.75) is 32.2 Å². The molecule has 116 valence electrons. The van der Waals surface area contributed by atoms with Crippen LogP contribution in [0.3, 0.4) is 0 Å². The molecule has 22 heavy (non-hydrogen) atoms. The van der Waals surface area contributed by atoms with Crippen LogP contribution in [0.2, 0.25) is 0 Å². The Hall–Kier alpha value is -2.28. The highest BCUT2D eigenvalue weighted by Crippen LogP contribution is 2.22. The minimum atomic E-state index is -1.01. The van der Waals surface area contributed by atoms with Crippen LogP contribution in [-0.2, 0) is 16.0 Å². The molecule has 2 aromatic heterocycles. The molecule has 2 N–H and O–H groups in total. The highest BCUT2D eigenvalue weighted by Gasteiger charge is 2.19. The van der Waals surface area contributed by atoms with Crippen LogP contribution in [0.4, 0.5) is 0 Å². The van der Waals surface area contributed by atoms with E-state index in [1.807, 2.05) is 19.1 Å². The summed E-state index contributed by atoms with van der Waals surface area (Å²) in [7, 11) is 0. The zero-order valence-corrected chi connectivity index (χ0v) is 13.0. The third kappa shape index (κ3) is 4.36. The van der Waals surface area contributed by atoms with Gasteiger partial charge in [-0.2, -0.15) is 0 Å². The van der Waals surface area contributed by atoms with Gasteiger partial charge in [0.15, 0.2) is 0 Å². The Bertz CT molecular complexity index is 642. The molecule has 0 aliphatic rings. The summed E-state index contributed by atoms with van der Waals surface area (Å²) in [6.45, 7) is 1.88. The number of pyridine rings is 1. The Morgan fingerprint density at radius 1 is 1.45 bits per heavy atom. The Kier molecular flexibility index (Phi) is 5.60. The van der Waals surface area contributed by atoms with Crippen molar-refractivity contribution in [3.63, 3.8) is 0 Å². The number of amides is 1. The van der Waals surface area contributed by atoms with Crippen LogP contribution >= 0.6 is 11.3 Å². The third-order valence-electron chi connectivity index (χ3n) is 3.01. The number of aliphatic carboxylic acids is 1. The largest absolute Gasteiger partial charge is 0.480 e. The predicted octanol–water partition coefficient (Wildman–Crippen LogP) is 2.12. The number of thiazole rings is 1. The summed E-state index contributed by atoms with van der Waals surface area (Å²) in [5, 5.41) is 14.2. The van der Waals surface area contributed by atoms with E-state index in [2.05, 4.69) is 15.3 Å². The molecule has 7 heteroatoms. The maximum absolute atomic E-state index is 11.9. The monoisotopic (exact) mass is 319 g/mol. The van der Waals surface area contributed by atoms with Gasteiger partial charge in [-0.15, -0.1) is 11.3 Å². The second-order valence-electron chi connectivity index (χ2n) is 4.81. The third-order valence-corrected chi connectivity index (χ3v) is 3.95. The van der Waals surface area contributed by atoms with Crippen molar-refractivity contribution in [1.82, 2.24) is 15.3 Å². The first kappa shape index (κ1) is 16.1. The Balaban J connectivity index is 1.98. The molecular weight excluding hydrogens is 302 g/mol. The van der Waals surface area contributed by atoms with Crippen molar-refractivity contribution in [2.75, 3.05) is 0 Å². The lowest BCUT2D eigenvalue weighted by molar-refractivity contribution is -0.141. The lowest BCUT2D eigenvalue weighted by Crippen LogP contribution is -2.41. The molecule has 0 aromatic carbocycles. The molecule has 0 radical (unpaired) electrons. The fourth-order valence-electron chi connectivity index (χ4n) is 1.97. The van der Waals surface area contributed by atoms with E-state index < -0.39 is 12.0 Å². The fraction of sp³-hybridized carbons (Fsp3) is 0.333. The number of carboxylic acid groups (broad SMARTS) is 1. The van der Waals surface area contributed by atoms with E-state index in [-0.39, 0.29) is 12.3 Å². The van der Waals surface area contributed by atoms with Crippen molar-refractivity contribution in [1.29, 1.82) is 0 Å². The summed E-state index contributed by atoms with van der Waals surface area (Å²) >= 11 is 1.43. The normalized spacial score (nSPS) is 11.9. The average molecular weight is 319 g/mol. The number of hydrogen-bond donors (Lipinski definition) is 2. The standard InChI is InChI=1S/C15H17N3O3S/c1-2-4-12(15(20)21)18-13(19)7-11-9-22-14(17-11)10-5-3-6-16-8-10/h3,5-6,8-9,12H,2,4,7H2,1H3,(H,18,19)(H,20,21). The van der Waals surface area contributed by atoms with Gasteiger partial charge >= 0.3 is 5.97 Å². The summed E-state index contributed by atoms with van der Waals surface area (Å²) in [4.78, 5) is 31.4. The topological polar surface area (TPSA) is 92.2 Å². The molecule has 2 heterocycles. The molecule has 1 atom stereocenters. The number of hydrogen-bond acceptors (Lipinski definition) is 5. The van der Waals surface area contributed by atoms with Gasteiger partial charge in [-0.25, -0.2) is 9.78 Å². The highest BCUT2D eigenvalue weighted by molar-refractivity contribution is 7.13. The number of nitrogens with zero attached hydrogens (tertiary/aromatic N) is 2. The highest BCUT2D eigenvalue weighted by atomic mass is 32.1. The lowest BCUT2D eigenvalue weighted by Gasteiger charge is -2.12. The molecule has 0 aliphatic carbocycles. The quantitative estimate of drug-likeness (QED) is 0.815. The van der Waals surface area contributed by atoms with Gasteiger partial charge in [0.25, 0.3) is 0 Å². The van der Waals surface area contributed by atoms with E-state index in [0.29, 0.717) is 18.5 Å². The van der Waals surface area contributed by atoms with E-state index in [1.54, 1.807) is 17.8 Å². The lowest BCUT2D eigenvalue weighted by atomic mass is 10.1. The molecule has 0 saturated heterocycles. The van der Waals surface area contributed by atoms with Gasteiger partial charge < -0.3 is 10.4 Å². The van der Waals surface area contributed by atoms with Crippen LogP contribution in [0.15, 0.2) is 29.9 Å². The van der Waals surface area contributed by atoms with Crippen LogP contribution in [0, 0.1) is 0 Å². The molecule has 0 saturated carbocycles. The van der Waals surface area contributed by atoms with Gasteiger partial charge in [-0.3, -0.25) is 9.78 Å². The average Bonchev–Trinajstić information content (AvgIpc) is 2.96. The van der Waals surface area contributed by atoms with Gasteiger partial charge in [0.05, 0.1) is 12.1 Å². The van der Waals surface area contributed by atoms with Crippen LogP contribution in [-0.4, -0.2) is 33.0 Å². The number of carbonyl (C=O) groups is 2. The first-order valence-corrected chi connectivity index (χ1v) is 7.85. The summed E-state index contributed by atoms with van der Waals surface area (Å²) < 4.78 is 0. The molecule has 0 fully saturated rings. The molecular formula is C15H17N3O3S. The van der Waals surface area contributed by atoms with Crippen molar-refractivity contribution in [3.05, 3.63) is 35.6 Å². The van der Waals surface area contributed by atoms with Gasteiger partial charge in [0.1, 0.15) is 11.0 Å². The second kappa shape index (κ2) is 7.65. The fourth-order valence-corrected chi connectivity index (χ4v) is 2.78. The number of nitrogens with one attached hydrogen (secondary N) is 1. The SMILES string of the molecule is CCCC(NC(=O)Cc1csc(-c2cccnc2)n1)C(=O)O. The molecule has 0 spiro atoms. The van der Waals surface area contributed by atoms with Crippen molar-refractivity contribution in [2.24, 2.45) is 0 Å². The van der Waals surface area contributed by atoms with E-state index in [0.717, 1.165) is 10.6 Å². The van der Waals surface area contributed by atoms with E-state index in [1.165, 1.54) is 11.3 Å². The minimum absolute atomic E-state index is 0.0737. The van der Waals surface area contributed by atoms with Crippen LogP contribution in [0.5, 0.6) is 0 Å². The van der Waals surface area contributed by atoms with Gasteiger partial charge in [-0.1, -0.05) is 13.3 Å². The van der Waals surface area contributed by atoms with Crippen LogP contribution in [0.25, 0.3) is 10.6 Å². The predicted molar refractivity (Wildman–Crippen MR) is 83.5 cm³/mol. The van der Waals surface area contributed by atoms with E-state index in [4.69, 9.17) is 5.11 Å². The van der Waals surface area contributed by atoms with Gasteiger partial charge in [0, 0.05) is 23.3 Å². The molecule has 0 aliphatic heterocycles. The van der Waals surface area contributed by atoms with Crippen molar-refractivity contribution in [3.8, 4) is 10.6 Å². The molecule has 0 bridgehead atoms. The van der Waals surface area contributed by atoms with Gasteiger partial charge in [-0.05, 0) is 18.6 Å².